The Labute approximate surface area is 151 Å². The SMILES string of the molecule is O=C1N(Cc2ccccn2)CCC12CCN(c1ncnc3[nH]ccc13)C2. The zero-order chi connectivity index (χ0) is 17.6. The molecule has 132 valence electrons. The first-order valence-electron chi connectivity index (χ1n) is 8.98. The van der Waals surface area contributed by atoms with Gasteiger partial charge in [0.05, 0.1) is 23.0 Å². The van der Waals surface area contributed by atoms with Gasteiger partial charge in [0.1, 0.15) is 17.8 Å². The highest BCUT2D eigenvalue weighted by Gasteiger charge is 2.51. The molecule has 1 amide bonds. The summed E-state index contributed by atoms with van der Waals surface area (Å²) in [5.41, 5.74) is 1.49. The molecule has 2 saturated heterocycles. The highest BCUT2D eigenvalue weighted by Crippen LogP contribution is 2.43. The summed E-state index contributed by atoms with van der Waals surface area (Å²) in [4.78, 5) is 33.6. The number of H-pyrrole nitrogens is 1. The second-order valence-electron chi connectivity index (χ2n) is 7.19. The summed E-state index contributed by atoms with van der Waals surface area (Å²) in [6.45, 7) is 2.96. The molecule has 5 rings (SSSR count). The van der Waals surface area contributed by atoms with Crippen LogP contribution in [0.4, 0.5) is 5.82 Å². The molecule has 0 aromatic carbocycles. The first-order chi connectivity index (χ1) is 12.8. The van der Waals surface area contributed by atoms with Crippen molar-refractivity contribution in [2.45, 2.75) is 19.4 Å². The number of fused-ring (bicyclic) bond motifs is 1. The predicted octanol–water partition coefficient (Wildman–Crippen LogP) is 1.98. The number of likely N-dealkylation sites (tertiary alicyclic amines) is 1. The van der Waals surface area contributed by atoms with Gasteiger partial charge in [-0.1, -0.05) is 6.07 Å². The van der Waals surface area contributed by atoms with Crippen molar-refractivity contribution < 1.29 is 4.79 Å². The van der Waals surface area contributed by atoms with E-state index >= 15 is 0 Å². The van der Waals surface area contributed by atoms with E-state index in [9.17, 15) is 4.79 Å². The average Bonchev–Trinajstić information content (AvgIpc) is 3.39. The lowest BCUT2D eigenvalue weighted by Crippen LogP contribution is -2.37. The second-order valence-corrected chi connectivity index (χ2v) is 7.19. The molecule has 3 aromatic heterocycles. The average molecular weight is 348 g/mol. The van der Waals surface area contributed by atoms with Crippen LogP contribution in [0.5, 0.6) is 0 Å². The first kappa shape index (κ1) is 15.3. The second kappa shape index (κ2) is 5.79. The monoisotopic (exact) mass is 348 g/mol. The van der Waals surface area contributed by atoms with Gasteiger partial charge in [-0.3, -0.25) is 9.78 Å². The van der Waals surface area contributed by atoms with E-state index in [2.05, 4.69) is 24.8 Å². The molecule has 7 nitrogen and oxygen atoms in total. The third kappa shape index (κ3) is 2.34. The van der Waals surface area contributed by atoms with Crippen LogP contribution in [0.3, 0.4) is 0 Å². The van der Waals surface area contributed by atoms with Crippen LogP contribution >= 0.6 is 0 Å². The molecule has 2 aliphatic rings. The van der Waals surface area contributed by atoms with Crippen molar-refractivity contribution in [3.05, 3.63) is 48.7 Å². The fraction of sp³-hybridized carbons (Fsp3) is 0.368. The molecule has 2 fully saturated rings. The number of nitrogens with one attached hydrogen (secondary N) is 1. The number of nitrogens with zero attached hydrogens (tertiary/aromatic N) is 5. The summed E-state index contributed by atoms with van der Waals surface area (Å²) < 4.78 is 0. The van der Waals surface area contributed by atoms with Gasteiger partial charge in [-0.15, -0.1) is 0 Å². The van der Waals surface area contributed by atoms with Gasteiger partial charge in [0.25, 0.3) is 0 Å². The molecule has 26 heavy (non-hydrogen) atoms. The Kier molecular flexibility index (Phi) is 3.41. The van der Waals surface area contributed by atoms with Gasteiger partial charge in [-0.05, 0) is 31.0 Å². The molecular weight excluding hydrogens is 328 g/mol. The molecule has 5 heterocycles. The first-order valence-corrected chi connectivity index (χ1v) is 8.98. The lowest BCUT2D eigenvalue weighted by molar-refractivity contribution is -0.135. The van der Waals surface area contributed by atoms with E-state index in [4.69, 9.17) is 0 Å². The summed E-state index contributed by atoms with van der Waals surface area (Å²) in [6, 6.07) is 7.84. The maximum atomic E-state index is 13.2. The summed E-state index contributed by atoms with van der Waals surface area (Å²) >= 11 is 0. The third-order valence-electron chi connectivity index (χ3n) is 5.67. The molecule has 0 radical (unpaired) electrons. The number of pyridine rings is 1. The van der Waals surface area contributed by atoms with Crippen molar-refractivity contribution >= 4 is 22.8 Å². The normalized spacial score (nSPS) is 22.8. The molecule has 1 N–H and O–H groups in total. The van der Waals surface area contributed by atoms with E-state index in [0.717, 1.165) is 55.0 Å². The van der Waals surface area contributed by atoms with Gasteiger partial charge in [0.15, 0.2) is 0 Å². The molecule has 0 saturated carbocycles. The van der Waals surface area contributed by atoms with Crippen LogP contribution in [0, 0.1) is 5.41 Å². The molecule has 3 aromatic rings. The molecule has 1 unspecified atom stereocenters. The number of carbonyl (C=O) groups excluding carboxylic acids is 1. The van der Waals surface area contributed by atoms with Crippen LogP contribution < -0.4 is 4.90 Å². The molecule has 1 spiro atoms. The zero-order valence-electron chi connectivity index (χ0n) is 14.4. The minimum Gasteiger partial charge on any atom is -0.355 e. The Bertz CT molecular complexity index is 955. The topological polar surface area (TPSA) is 78.0 Å². The number of amides is 1. The summed E-state index contributed by atoms with van der Waals surface area (Å²) in [6.07, 6.45) is 7.02. The zero-order valence-corrected chi connectivity index (χ0v) is 14.4. The van der Waals surface area contributed by atoms with Gasteiger partial charge < -0.3 is 14.8 Å². The van der Waals surface area contributed by atoms with Crippen molar-refractivity contribution in [1.29, 1.82) is 0 Å². The van der Waals surface area contributed by atoms with Crippen molar-refractivity contribution in [2.24, 2.45) is 5.41 Å². The summed E-state index contributed by atoms with van der Waals surface area (Å²) in [7, 11) is 0. The molecule has 0 aliphatic carbocycles. The van der Waals surface area contributed by atoms with E-state index in [1.807, 2.05) is 35.4 Å². The Balaban J connectivity index is 1.37. The Morgan fingerprint density at radius 1 is 1.12 bits per heavy atom. The van der Waals surface area contributed by atoms with Crippen molar-refractivity contribution in [3.63, 3.8) is 0 Å². The Morgan fingerprint density at radius 2 is 2.04 bits per heavy atom. The molecule has 1 atom stereocenters. The fourth-order valence-electron chi connectivity index (χ4n) is 4.27. The third-order valence-corrected chi connectivity index (χ3v) is 5.67. The number of aromatic nitrogens is 4. The van der Waals surface area contributed by atoms with Crippen LogP contribution in [-0.4, -0.2) is 50.4 Å². The van der Waals surface area contributed by atoms with Crippen LogP contribution in [0.15, 0.2) is 43.0 Å². The fourth-order valence-corrected chi connectivity index (χ4v) is 4.27. The lowest BCUT2D eigenvalue weighted by Gasteiger charge is -2.24. The standard InChI is InChI=1S/C19H20N6O/c26-18-19(5-9-24(18)11-14-3-1-2-7-20-14)6-10-25(12-19)17-15-4-8-21-16(15)22-13-23-17/h1-4,7-8,13H,5-6,9-12H2,(H,21,22,23). The maximum absolute atomic E-state index is 13.2. The summed E-state index contributed by atoms with van der Waals surface area (Å²) in [5, 5.41) is 1.01. The minimum atomic E-state index is -0.289. The molecular formula is C19H20N6O. The van der Waals surface area contributed by atoms with Gasteiger partial charge in [0, 0.05) is 32.0 Å². The molecule has 7 heteroatoms. The van der Waals surface area contributed by atoms with Crippen LogP contribution in [0.25, 0.3) is 11.0 Å². The van der Waals surface area contributed by atoms with Crippen molar-refractivity contribution in [1.82, 2.24) is 24.8 Å². The van der Waals surface area contributed by atoms with E-state index in [-0.39, 0.29) is 11.3 Å². The van der Waals surface area contributed by atoms with Gasteiger partial charge >= 0.3 is 0 Å². The Morgan fingerprint density at radius 3 is 2.92 bits per heavy atom. The predicted molar refractivity (Wildman–Crippen MR) is 97.4 cm³/mol. The number of hydrogen-bond donors (Lipinski definition) is 1. The van der Waals surface area contributed by atoms with Gasteiger partial charge in [-0.2, -0.15) is 0 Å². The minimum absolute atomic E-state index is 0.255. The van der Waals surface area contributed by atoms with Crippen molar-refractivity contribution in [2.75, 3.05) is 24.5 Å². The summed E-state index contributed by atoms with van der Waals surface area (Å²) in [5.74, 6) is 1.18. The van der Waals surface area contributed by atoms with Gasteiger partial charge in [0.2, 0.25) is 5.91 Å². The number of carbonyl (C=O) groups is 1. The van der Waals surface area contributed by atoms with Crippen LogP contribution in [0.1, 0.15) is 18.5 Å². The van der Waals surface area contributed by atoms with E-state index < -0.39 is 0 Å². The lowest BCUT2D eigenvalue weighted by atomic mass is 9.85. The maximum Gasteiger partial charge on any atom is 0.231 e. The largest absolute Gasteiger partial charge is 0.355 e. The number of rotatable bonds is 3. The molecule has 0 bridgehead atoms. The quantitative estimate of drug-likeness (QED) is 0.783. The van der Waals surface area contributed by atoms with Crippen molar-refractivity contribution in [3.8, 4) is 0 Å². The van der Waals surface area contributed by atoms with E-state index in [1.165, 1.54) is 0 Å². The number of anilines is 1. The Hall–Kier alpha value is -2.96. The molecule has 2 aliphatic heterocycles. The number of hydrogen-bond acceptors (Lipinski definition) is 5. The van der Waals surface area contributed by atoms with E-state index in [0.29, 0.717) is 6.54 Å². The highest BCUT2D eigenvalue weighted by molar-refractivity contribution is 5.90. The highest BCUT2D eigenvalue weighted by atomic mass is 16.2. The number of aromatic amines is 1. The van der Waals surface area contributed by atoms with E-state index in [1.54, 1.807) is 12.5 Å². The van der Waals surface area contributed by atoms with Crippen LogP contribution in [-0.2, 0) is 11.3 Å². The smallest absolute Gasteiger partial charge is 0.231 e. The van der Waals surface area contributed by atoms with Crippen LogP contribution in [0.2, 0.25) is 0 Å². The van der Waals surface area contributed by atoms with Gasteiger partial charge in [-0.25, -0.2) is 9.97 Å².